The number of Topliss-reactive ketones (excluding diaryl/α,β-unsaturated/α-hetero) is 2. The number of hydrogen-bond acceptors (Lipinski definition) is 12. The van der Waals surface area contributed by atoms with E-state index < -0.39 is 69.3 Å². The van der Waals surface area contributed by atoms with E-state index >= 15 is 0 Å². The summed E-state index contributed by atoms with van der Waals surface area (Å²) in [6.07, 6.45) is 8.95. The highest BCUT2D eigenvalue weighted by Crippen LogP contribution is 2.43. The van der Waals surface area contributed by atoms with Gasteiger partial charge in [0.2, 0.25) is 0 Å². The first kappa shape index (κ1) is 49.4. The van der Waals surface area contributed by atoms with Crippen LogP contribution in [0.1, 0.15) is 109 Å². The molecule has 1 fully saturated rings. The summed E-state index contributed by atoms with van der Waals surface area (Å²) in [4.78, 5) is 134. The second-order valence-electron chi connectivity index (χ2n) is 19.8. The number of unbranched alkanes of at least 4 members (excludes halogenated alkanes) is 5. The Labute approximate surface area is 437 Å². The number of amides is 4. The monoisotopic (exact) mass is 1020 g/mol. The molecule has 77 heavy (non-hydrogen) atoms. The summed E-state index contributed by atoms with van der Waals surface area (Å²) in [6, 6.07) is 31.0. The van der Waals surface area contributed by atoms with Crippen molar-refractivity contribution in [2.75, 3.05) is 0 Å². The molecule has 6 aromatic carbocycles. The Morgan fingerprint density at radius 2 is 0.818 bits per heavy atom. The molecule has 8 aromatic rings. The number of aromatic nitrogens is 2. The van der Waals surface area contributed by atoms with Crippen molar-refractivity contribution in [3.05, 3.63) is 206 Å². The summed E-state index contributed by atoms with van der Waals surface area (Å²) in [5, 5.41) is 22.3. The van der Waals surface area contributed by atoms with Gasteiger partial charge in [-0.15, -0.1) is 0 Å². The molecule has 2 aliphatic heterocycles. The first-order valence-corrected chi connectivity index (χ1v) is 25.3. The Morgan fingerprint density at radius 3 is 1.22 bits per heavy atom. The number of likely N-dealkylation sites (tertiary alicyclic amines) is 1. The fourth-order valence-electron chi connectivity index (χ4n) is 11.3. The zero-order chi connectivity index (χ0) is 54.1. The highest BCUT2D eigenvalue weighted by molar-refractivity contribution is 6.28. The van der Waals surface area contributed by atoms with Gasteiger partial charge in [0.15, 0.2) is 11.6 Å². The number of benzene rings is 6. The van der Waals surface area contributed by atoms with Gasteiger partial charge in [-0.05, 0) is 53.9 Å². The predicted octanol–water partition coefficient (Wildman–Crippen LogP) is 7.39. The molecule has 2 atom stereocenters. The number of hydrogen-bond donors (Lipinski definition) is 0. The van der Waals surface area contributed by atoms with Crippen LogP contribution in [0.15, 0.2) is 140 Å². The van der Waals surface area contributed by atoms with Gasteiger partial charge in [-0.25, -0.2) is 0 Å². The zero-order valence-corrected chi connectivity index (χ0v) is 41.7. The summed E-state index contributed by atoms with van der Waals surface area (Å²) in [6.45, 7) is 2.59. The predicted molar refractivity (Wildman–Crippen MR) is 285 cm³/mol. The fourth-order valence-corrected chi connectivity index (χ4v) is 11.3. The van der Waals surface area contributed by atoms with Crippen molar-refractivity contribution in [2.45, 2.75) is 65.1 Å². The van der Waals surface area contributed by atoms with E-state index in [0.717, 1.165) is 51.2 Å². The molecule has 0 spiro atoms. The molecule has 16 nitrogen and oxygen atoms in total. The standard InChI is InChI=1S/C32H20N2O6.C29H24N4O4/c35-27-19-11-23-24(30(38)33(29(23)37)15-17-7-3-1-4-8-17)12-20(19)28(36)22-14-26-25(13-21(22)27)31(39)34(32(26)40)16-18-9-5-2-6-10-18;1-3-4-5-6-7-8-9-33-28(36)22-12-18-19(13-23(22)29(33)37)25(15-31)17-11-21-20(10-16(17)24(18)14-30)26(34)32(2)27(21)35/h1-14,19-20H,15-16H2;10-13H,3-9H2,1-2H3. The molecule has 0 N–H and O–H groups in total. The number of nitrogens with zero attached hydrogens (tertiary/aromatic N) is 6. The average molecular weight is 1020 g/mol. The van der Waals surface area contributed by atoms with Gasteiger partial charge in [-0.1, -0.05) is 112 Å². The molecule has 2 unspecified atom stereocenters. The van der Waals surface area contributed by atoms with E-state index in [2.05, 4.69) is 19.1 Å². The molecule has 1 saturated heterocycles. The SMILES string of the molecule is CCCCCCCCn1c(=O)c2cc3c(C#N)c4cc5c(=O)n(C)c(=O)c5cc4c(C#N)c3cc2c1=O.O=C1c2cc3c(cc2C(=O)C2C=C4C(=O)N(Cc5ccccc5)C(=O)C4=CC12)C(=O)N(Cc1ccccc1)C3=O. The Balaban J connectivity index is 0.000000164. The van der Waals surface area contributed by atoms with Crippen molar-refractivity contribution in [2.24, 2.45) is 18.9 Å². The Morgan fingerprint density at radius 1 is 0.442 bits per heavy atom. The third kappa shape index (κ3) is 7.87. The van der Waals surface area contributed by atoms with Gasteiger partial charge in [0, 0.05) is 57.4 Å². The fraction of sp³-hybridized carbons (Fsp3) is 0.213. The molecular formula is C61H44N6O10. The quantitative estimate of drug-likeness (QED) is 0.0701. The van der Waals surface area contributed by atoms with Gasteiger partial charge in [0.05, 0.1) is 68.7 Å². The molecule has 4 aliphatic rings. The van der Waals surface area contributed by atoms with Crippen molar-refractivity contribution in [3.63, 3.8) is 0 Å². The third-order valence-corrected chi connectivity index (χ3v) is 15.3. The van der Waals surface area contributed by atoms with E-state index in [4.69, 9.17) is 0 Å². The second kappa shape index (κ2) is 19.2. The minimum Gasteiger partial charge on any atom is -0.293 e. The minimum atomic E-state index is -0.988. The highest BCUT2D eigenvalue weighted by Gasteiger charge is 2.49. The second-order valence-corrected chi connectivity index (χ2v) is 19.8. The van der Waals surface area contributed by atoms with Gasteiger partial charge < -0.3 is 0 Å². The maximum absolute atomic E-state index is 13.7. The molecular weight excluding hydrogens is 977 g/mol. The summed E-state index contributed by atoms with van der Waals surface area (Å²) >= 11 is 0. The zero-order valence-electron chi connectivity index (χ0n) is 41.7. The lowest BCUT2D eigenvalue weighted by atomic mass is 9.69. The molecule has 2 aliphatic carbocycles. The first-order chi connectivity index (χ1) is 37.2. The number of rotatable bonds is 11. The maximum Gasteiger partial charge on any atom is 0.261 e. The molecule has 12 rings (SSSR count). The van der Waals surface area contributed by atoms with Gasteiger partial charge in [-0.3, -0.25) is 66.9 Å². The molecule has 2 aromatic heterocycles. The number of imide groups is 2. The normalized spacial score (nSPS) is 16.6. The summed E-state index contributed by atoms with van der Waals surface area (Å²) < 4.78 is 2.23. The largest absolute Gasteiger partial charge is 0.293 e. The van der Waals surface area contributed by atoms with Crippen LogP contribution in [0.25, 0.3) is 43.1 Å². The summed E-state index contributed by atoms with van der Waals surface area (Å²) in [5.41, 5.74) is 0.544. The van der Waals surface area contributed by atoms with Gasteiger partial charge in [0.1, 0.15) is 12.1 Å². The van der Waals surface area contributed by atoms with Gasteiger partial charge in [0.25, 0.3) is 45.9 Å². The molecule has 0 bridgehead atoms. The van der Waals surface area contributed by atoms with Crippen LogP contribution >= 0.6 is 0 Å². The molecule has 0 saturated carbocycles. The van der Waals surface area contributed by atoms with Crippen LogP contribution in [0.4, 0.5) is 0 Å². The van der Waals surface area contributed by atoms with Crippen LogP contribution in [0.3, 0.4) is 0 Å². The van der Waals surface area contributed by atoms with Gasteiger partial charge >= 0.3 is 0 Å². The lowest BCUT2D eigenvalue weighted by Gasteiger charge is -2.30. The Kier molecular flexibility index (Phi) is 12.3. The molecule has 4 heterocycles. The van der Waals surface area contributed by atoms with E-state index in [1.807, 2.05) is 24.3 Å². The van der Waals surface area contributed by atoms with Crippen LogP contribution in [-0.4, -0.2) is 54.1 Å². The smallest absolute Gasteiger partial charge is 0.261 e. The van der Waals surface area contributed by atoms with Crippen molar-refractivity contribution < 1.29 is 28.8 Å². The van der Waals surface area contributed by atoms with E-state index in [-0.39, 0.29) is 79.2 Å². The minimum absolute atomic E-state index is 0.0410. The van der Waals surface area contributed by atoms with E-state index in [0.29, 0.717) is 34.5 Å². The maximum atomic E-state index is 13.7. The van der Waals surface area contributed by atoms with Gasteiger partial charge in [-0.2, -0.15) is 10.5 Å². The van der Waals surface area contributed by atoms with Crippen LogP contribution in [0, 0.1) is 34.5 Å². The number of fused-ring (bicyclic) bond motifs is 8. The topological polar surface area (TPSA) is 235 Å². The summed E-state index contributed by atoms with van der Waals surface area (Å²) in [5.74, 6) is -4.96. The number of allylic oxidation sites excluding steroid dienone is 2. The first-order valence-electron chi connectivity index (χ1n) is 25.3. The molecule has 0 radical (unpaired) electrons. The number of carbonyl (C=O) groups excluding carboxylic acids is 6. The molecule has 16 heteroatoms. The highest BCUT2D eigenvalue weighted by atomic mass is 16.2. The Hall–Kier alpha value is -9.80. The number of ketones is 2. The summed E-state index contributed by atoms with van der Waals surface area (Å²) in [7, 11) is 1.38. The number of carbonyl (C=O) groups is 6. The van der Waals surface area contributed by atoms with Crippen molar-refractivity contribution in [3.8, 4) is 12.1 Å². The molecule has 4 amide bonds. The van der Waals surface area contributed by atoms with Crippen LogP contribution in [-0.2, 0) is 36.3 Å². The lowest BCUT2D eigenvalue weighted by Crippen LogP contribution is -2.37. The van der Waals surface area contributed by atoms with Crippen molar-refractivity contribution in [1.82, 2.24) is 18.9 Å². The van der Waals surface area contributed by atoms with Crippen molar-refractivity contribution >= 4 is 78.3 Å². The Bertz CT molecular complexity index is 4150. The van der Waals surface area contributed by atoms with E-state index in [1.54, 1.807) is 36.4 Å². The van der Waals surface area contributed by atoms with E-state index in [9.17, 15) is 58.5 Å². The number of nitriles is 2. The molecule has 378 valence electrons. The van der Waals surface area contributed by atoms with Crippen LogP contribution in [0.2, 0.25) is 0 Å². The van der Waals surface area contributed by atoms with Crippen molar-refractivity contribution in [1.29, 1.82) is 10.5 Å². The lowest BCUT2D eigenvalue weighted by molar-refractivity contribution is -0.137. The van der Waals surface area contributed by atoms with Crippen LogP contribution < -0.4 is 22.2 Å². The van der Waals surface area contributed by atoms with E-state index in [1.165, 1.54) is 66.6 Å². The average Bonchev–Trinajstić information content (AvgIpc) is 4.26. The third-order valence-electron chi connectivity index (χ3n) is 15.3. The van der Waals surface area contributed by atoms with Crippen LogP contribution in [0.5, 0.6) is 0 Å².